The average molecular weight is 404 g/mol. The molecule has 0 heterocycles. The Bertz CT molecular complexity index is 988. The number of hydroxylamine groups is 1. The van der Waals surface area contributed by atoms with E-state index in [2.05, 4.69) is 0 Å². The maximum absolute atomic E-state index is 13.8. The molecule has 0 aliphatic heterocycles. The van der Waals surface area contributed by atoms with Crippen molar-refractivity contribution >= 4 is 27.7 Å². The lowest BCUT2D eigenvalue weighted by Gasteiger charge is -2.12. The fourth-order valence-corrected chi connectivity index (χ4v) is 3.09. The average Bonchev–Trinajstić information content (AvgIpc) is 2.60. The van der Waals surface area contributed by atoms with E-state index in [1.807, 2.05) is 0 Å². The Hall–Kier alpha value is -2.92. The molecule has 2 aromatic carbocycles. The summed E-state index contributed by atoms with van der Waals surface area (Å²) in [6.45, 7) is 0. The van der Waals surface area contributed by atoms with Gasteiger partial charge in [-0.05, 0) is 42.0 Å². The summed E-state index contributed by atoms with van der Waals surface area (Å²) in [5.41, 5.74) is -0.482. The van der Waals surface area contributed by atoms with Crippen LogP contribution in [-0.4, -0.2) is 19.5 Å². The van der Waals surface area contributed by atoms with E-state index in [-0.39, 0.29) is 10.5 Å². The van der Waals surface area contributed by atoms with Crippen molar-refractivity contribution in [1.82, 2.24) is 5.48 Å². The lowest BCUT2D eigenvalue weighted by atomic mass is 10.2. The van der Waals surface area contributed by atoms with Crippen LogP contribution >= 0.6 is 0 Å². The second kappa shape index (κ2) is 7.76. The molecule has 2 aromatic rings. The zero-order valence-electron chi connectivity index (χ0n) is 13.3. The highest BCUT2D eigenvalue weighted by molar-refractivity contribution is 7.92. The zero-order valence-corrected chi connectivity index (χ0v) is 14.1. The number of rotatable bonds is 5. The number of benzene rings is 2. The molecule has 2 rings (SSSR count). The van der Waals surface area contributed by atoms with Gasteiger partial charge in [-0.25, -0.2) is 18.3 Å². The van der Waals surface area contributed by atoms with Gasteiger partial charge in [-0.1, -0.05) is 12.1 Å². The van der Waals surface area contributed by atoms with Crippen LogP contribution in [0.4, 0.5) is 23.2 Å². The van der Waals surface area contributed by atoms with Gasteiger partial charge >= 0.3 is 6.18 Å². The van der Waals surface area contributed by atoms with Crippen molar-refractivity contribution in [3.05, 3.63) is 65.5 Å². The van der Waals surface area contributed by atoms with Crippen LogP contribution < -0.4 is 10.2 Å². The number of sulfonamides is 1. The zero-order chi connectivity index (χ0) is 20.2. The molecule has 0 aromatic heterocycles. The van der Waals surface area contributed by atoms with Gasteiger partial charge in [-0.15, -0.1) is 0 Å². The molecule has 0 atom stereocenters. The molecule has 0 aliphatic carbocycles. The van der Waals surface area contributed by atoms with E-state index in [0.717, 1.165) is 18.2 Å². The van der Waals surface area contributed by atoms with Crippen LogP contribution in [-0.2, 0) is 21.0 Å². The minimum atomic E-state index is -4.77. The molecular weight excluding hydrogens is 392 g/mol. The third kappa shape index (κ3) is 5.28. The monoisotopic (exact) mass is 404 g/mol. The Morgan fingerprint density at radius 3 is 2.44 bits per heavy atom. The molecule has 0 spiro atoms. The van der Waals surface area contributed by atoms with Crippen LogP contribution in [0.2, 0.25) is 0 Å². The SMILES string of the molecule is O=C(C=Cc1cccc(S(=O)(=O)Nc2cc(C(F)(F)F)ccc2F)c1)NO. The Morgan fingerprint density at radius 1 is 1.11 bits per heavy atom. The minimum absolute atomic E-state index is 0.242. The van der Waals surface area contributed by atoms with Gasteiger partial charge in [0.05, 0.1) is 16.1 Å². The Kier molecular flexibility index (Phi) is 5.86. The van der Waals surface area contributed by atoms with Crippen molar-refractivity contribution in [2.45, 2.75) is 11.1 Å². The maximum Gasteiger partial charge on any atom is 0.416 e. The molecule has 0 saturated carbocycles. The highest BCUT2D eigenvalue weighted by atomic mass is 32.2. The van der Waals surface area contributed by atoms with Crippen LogP contribution in [0.3, 0.4) is 0 Å². The summed E-state index contributed by atoms with van der Waals surface area (Å²) in [5.74, 6) is -2.03. The minimum Gasteiger partial charge on any atom is -0.288 e. The summed E-state index contributed by atoms with van der Waals surface area (Å²) in [6.07, 6.45) is -2.66. The highest BCUT2D eigenvalue weighted by Crippen LogP contribution is 2.32. The summed E-state index contributed by atoms with van der Waals surface area (Å²) in [7, 11) is -4.41. The van der Waals surface area contributed by atoms with Crippen molar-refractivity contribution < 1.29 is 36.0 Å². The van der Waals surface area contributed by atoms with Crippen LogP contribution in [0.1, 0.15) is 11.1 Å². The second-order valence-electron chi connectivity index (χ2n) is 5.18. The van der Waals surface area contributed by atoms with E-state index < -0.39 is 39.2 Å². The van der Waals surface area contributed by atoms with Gasteiger partial charge in [-0.2, -0.15) is 13.2 Å². The fourth-order valence-electron chi connectivity index (χ4n) is 1.98. The molecule has 0 bridgehead atoms. The predicted molar refractivity (Wildman–Crippen MR) is 87.6 cm³/mol. The number of hydrogen-bond donors (Lipinski definition) is 3. The number of carbonyl (C=O) groups excluding carboxylic acids is 1. The van der Waals surface area contributed by atoms with Gasteiger partial charge < -0.3 is 0 Å². The van der Waals surface area contributed by atoms with E-state index in [1.165, 1.54) is 23.7 Å². The molecule has 0 saturated heterocycles. The first kappa shape index (κ1) is 20.4. The van der Waals surface area contributed by atoms with E-state index in [1.54, 1.807) is 4.72 Å². The number of hydrogen-bond acceptors (Lipinski definition) is 4. The highest BCUT2D eigenvalue weighted by Gasteiger charge is 2.31. The second-order valence-corrected chi connectivity index (χ2v) is 6.86. The van der Waals surface area contributed by atoms with E-state index in [0.29, 0.717) is 18.2 Å². The standard InChI is InChI=1S/C16H12F4N2O4S/c17-13-6-5-11(16(18,19)20)9-14(13)22-27(25,26)12-3-1-2-10(8-12)4-7-15(23)21-24/h1-9,22,24H,(H,21,23). The van der Waals surface area contributed by atoms with Crippen molar-refractivity contribution in [2.24, 2.45) is 0 Å². The van der Waals surface area contributed by atoms with Gasteiger partial charge in [0, 0.05) is 6.08 Å². The summed E-state index contributed by atoms with van der Waals surface area (Å²) >= 11 is 0. The quantitative estimate of drug-likeness (QED) is 0.309. The molecule has 0 fully saturated rings. The largest absolute Gasteiger partial charge is 0.416 e. The van der Waals surface area contributed by atoms with E-state index >= 15 is 0 Å². The third-order valence-corrected chi connectivity index (χ3v) is 4.61. The summed E-state index contributed by atoms with van der Waals surface area (Å²) < 4.78 is 78.4. The smallest absolute Gasteiger partial charge is 0.288 e. The van der Waals surface area contributed by atoms with Crippen LogP contribution in [0.15, 0.2) is 53.4 Å². The Labute approximate surface area is 151 Å². The third-order valence-electron chi connectivity index (χ3n) is 3.24. The molecule has 11 heteroatoms. The van der Waals surface area contributed by atoms with Gasteiger partial charge in [0.25, 0.3) is 15.9 Å². The molecule has 3 N–H and O–H groups in total. The molecule has 27 heavy (non-hydrogen) atoms. The van der Waals surface area contributed by atoms with Gasteiger partial charge in [-0.3, -0.25) is 14.7 Å². The van der Waals surface area contributed by atoms with Crippen molar-refractivity contribution in [3.8, 4) is 0 Å². The van der Waals surface area contributed by atoms with Crippen LogP contribution in [0.5, 0.6) is 0 Å². The molecule has 6 nitrogen and oxygen atoms in total. The molecule has 1 amide bonds. The van der Waals surface area contributed by atoms with Gasteiger partial charge in [0.2, 0.25) is 0 Å². The molecular formula is C16H12F4N2O4S. The van der Waals surface area contributed by atoms with Gasteiger partial charge in [0.15, 0.2) is 0 Å². The first-order valence-corrected chi connectivity index (χ1v) is 8.63. The lowest BCUT2D eigenvalue weighted by molar-refractivity contribution is -0.137. The van der Waals surface area contributed by atoms with Crippen molar-refractivity contribution in [2.75, 3.05) is 4.72 Å². The van der Waals surface area contributed by atoms with Crippen LogP contribution in [0, 0.1) is 5.82 Å². The van der Waals surface area contributed by atoms with E-state index in [4.69, 9.17) is 5.21 Å². The van der Waals surface area contributed by atoms with Crippen LogP contribution in [0.25, 0.3) is 6.08 Å². The Balaban J connectivity index is 2.35. The number of alkyl halides is 3. The molecule has 0 aliphatic rings. The van der Waals surface area contributed by atoms with E-state index in [9.17, 15) is 30.8 Å². The summed E-state index contributed by atoms with van der Waals surface area (Å²) in [5, 5.41) is 8.39. The Morgan fingerprint density at radius 2 is 1.81 bits per heavy atom. The maximum atomic E-state index is 13.8. The molecule has 0 radical (unpaired) electrons. The summed E-state index contributed by atoms with van der Waals surface area (Å²) in [6, 6.07) is 6.34. The normalized spacial score (nSPS) is 12.2. The topological polar surface area (TPSA) is 95.5 Å². The number of amides is 1. The lowest BCUT2D eigenvalue weighted by Crippen LogP contribution is -2.15. The number of halogens is 4. The predicted octanol–water partition coefficient (Wildman–Crippen LogP) is 3.16. The molecule has 0 unspecified atom stereocenters. The van der Waals surface area contributed by atoms with Crippen molar-refractivity contribution in [1.29, 1.82) is 0 Å². The molecule has 144 valence electrons. The first-order chi connectivity index (χ1) is 12.5. The summed E-state index contributed by atoms with van der Waals surface area (Å²) in [4.78, 5) is 10.6. The fraction of sp³-hybridized carbons (Fsp3) is 0.0625. The first-order valence-electron chi connectivity index (χ1n) is 7.15. The number of anilines is 1. The number of carbonyl (C=O) groups is 1. The number of nitrogens with one attached hydrogen (secondary N) is 2. The van der Waals surface area contributed by atoms with Crippen molar-refractivity contribution in [3.63, 3.8) is 0 Å². The van der Waals surface area contributed by atoms with Gasteiger partial charge in [0.1, 0.15) is 5.82 Å².